The predicted molar refractivity (Wildman–Crippen MR) is 103 cm³/mol. The van der Waals surface area contributed by atoms with Gasteiger partial charge in [0.25, 0.3) is 0 Å². The molecule has 6 heteroatoms. The molecule has 0 spiro atoms. The van der Waals surface area contributed by atoms with Crippen molar-refractivity contribution in [3.63, 3.8) is 0 Å². The van der Waals surface area contributed by atoms with Gasteiger partial charge in [-0.2, -0.15) is 0 Å². The zero-order valence-electron chi connectivity index (χ0n) is 15.0. The number of aliphatic hydroxyl groups is 1. The van der Waals surface area contributed by atoms with Gasteiger partial charge < -0.3 is 19.6 Å². The Labute approximate surface area is 156 Å². The maximum atomic E-state index is 12.2. The summed E-state index contributed by atoms with van der Waals surface area (Å²) in [5.41, 5.74) is 2.23. The SMILES string of the molecule is O=c1oc2cc(OC[C@@H](O)CNc3ccccn3)ccc2c2c1CCCC2. The maximum Gasteiger partial charge on any atom is 0.339 e. The van der Waals surface area contributed by atoms with Gasteiger partial charge in [-0.05, 0) is 55.5 Å². The quantitative estimate of drug-likeness (QED) is 0.653. The zero-order valence-corrected chi connectivity index (χ0v) is 15.0. The third kappa shape index (κ3) is 3.95. The van der Waals surface area contributed by atoms with Crippen molar-refractivity contribution >= 4 is 16.8 Å². The molecule has 0 unspecified atom stereocenters. The van der Waals surface area contributed by atoms with Gasteiger partial charge in [-0.1, -0.05) is 6.07 Å². The lowest BCUT2D eigenvalue weighted by atomic mass is 9.91. The molecule has 0 saturated carbocycles. The van der Waals surface area contributed by atoms with E-state index in [9.17, 15) is 9.90 Å². The van der Waals surface area contributed by atoms with Crippen molar-refractivity contribution < 1.29 is 14.3 Å². The van der Waals surface area contributed by atoms with Gasteiger partial charge in [-0.15, -0.1) is 0 Å². The number of nitrogens with one attached hydrogen (secondary N) is 1. The number of fused-ring (bicyclic) bond motifs is 3. The van der Waals surface area contributed by atoms with Gasteiger partial charge in [0.2, 0.25) is 0 Å². The van der Waals surface area contributed by atoms with E-state index < -0.39 is 6.10 Å². The first-order valence-electron chi connectivity index (χ1n) is 9.25. The first-order valence-corrected chi connectivity index (χ1v) is 9.25. The minimum atomic E-state index is -0.696. The van der Waals surface area contributed by atoms with Gasteiger partial charge in [-0.25, -0.2) is 9.78 Å². The Kier molecular flexibility index (Phi) is 5.07. The fourth-order valence-electron chi connectivity index (χ4n) is 3.46. The van der Waals surface area contributed by atoms with Crippen molar-refractivity contribution in [2.75, 3.05) is 18.5 Å². The van der Waals surface area contributed by atoms with E-state index in [-0.39, 0.29) is 12.2 Å². The molecule has 0 bridgehead atoms. The van der Waals surface area contributed by atoms with Crippen molar-refractivity contribution in [2.45, 2.75) is 31.8 Å². The number of ether oxygens (including phenoxy) is 1. The summed E-state index contributed by atoms with van der Waals surface area (Å²) >= 11 is 0. The largest absolute Gasteiger partial charge is 0.491 e. The number of rotatable bonds is 6. The van der Waals surface area contributed by atoms with E-state index >= 15 is 0 Å². The highest BCUT2D eigenvalue weighted by Crippen LogP contribution is 2.29. The van der Waals surface area contributed by atoms with Crippen LogP contribution in [0.3, 0.4) is 0 Å². The number of aliphatic hydroxyl groups excluding tert-OH is 1. The maximum absolute atomic E-state index is 12.2. The van der Waals surface area contributed by atoms with Crippen LogP contribution in [0.2, 0.25) is 0 Å². The first-order chi connectivity index (χ1) is 13.2. The Morgan fingerprint density at radius 2 is 2.04 bits per heavy atom. The topological polar surface area (TPSA) is 84.6 Å². The number of benzene rings is 1. The van der Waals surface area contributed by atoms with Crippen LogP contribution in [0.15, 0.2) is 51.8 Å². The molecule has 2 N–H and O–H groups in total. The van der Waals surface area contributed by atoms with Crippen LogP contribution in [0.1, 0.15) is 24.0 Å². The molecule has 2 aromatic heterocycles. The molecule has 0 amide bonds. The van der Waals surface area contributed by atoms with Gasteiger partial charge in [0.05, 0.1) is 0 Å². The molecule has 0 fully saturated rings. The summed E-state index contributed by atoms with van der Waals surface area (Å²) in [6.45, 7) is 0.452. The number of nitrogens with zero attached hydrogens (tertiary/aromatic N) is 1. The highest BCUT2D eigenvalue weighted by molar-refractivity contribution is 5.82. The van der Waals surface area contributed by atoms with Crippen molar-refractivity contribution in [3.8, 4) is 5.75 Å². The summed E-state index contributed by atoms with van der Waals surface area (Å²) in [6, 6.07) is 11.1. The molecule has 3 aromatic rings. The van der Waals surface area contributed by atoms with E-state index in [0.717, 1.165) is 42.2 Å². The summed E-state index contributed by atoms with van der Waals surface area (Å²) in [7, 11) is 0. The third-order valence-electron chi connectivity index (χ3n) is 4.82. The van der Waals surface area contributed by atoms with Gasteiger partial charge >= 0.3 is 5.63 Å². The third-order valence-corrected chi connectivity index (χ3v) is 4.82. The molecule has 2 heterocycles. The van der Waals surface area contributed by atoms with E-state index in [2.05, 4.69) is 10.3 Å². The molecule has 1 aliphatic rings. The second-order valence-electron chi connectivity index (χ2n) is 6.77. The molecule has 6 nitrogen and oxygen atoms in total. The molecule has 27 heavy (non-hydrogen) atoms. The Balaban J connectivity index is 1.43. The van der Waals surface area contributed by atoms with Crippen molar-refractivity contribution in [1.82, 2.24) is 4.98 Å². The second kappa shape index (κ2) is 7.80. The van der Waals surface area contributed by atoms with Gasteiger partial charge in [0.1, 0.15) is 29.9 Å². The molecule has 4 rings (SSSR count). The Morgan fingerprint density at radius 1 is 1.19 bits per heavy atom. The molecule has 0 aliphatic heterocycles. The van der Waals surface area contributed by atoms with Gasteiger partial charge in [-0.3, -0.25) is 0 Å². The highest BCUT2D eigenvalue weighted by Gasteiger charge is 2.18. The molecule has 1 atom stereocenters. The monoisotopic (exact) mass is 366 g/mol. The van der Waals surface area contributed by atoms with Crippen LogP contribution in [-0.2, 0) is 12.8 Å². The predicted octanol–water partition coefficient (Wildman–Crippen LogP) is 2.92. The van der Waals surface area contributed by atoms with Crippen LogP contribution in [0.5, 0.6) is 5.75 Å². The van der Waals surface area contributed by atoms with E-state index in [1.807, 2.05) is 30.3 Å². The lowest BCUT2D eigenvalue weighted by Crippen LogP contribution is -2.26. The van der Waals surface area contributed by atoms with Crippen molar-refractivity contribution in [1.29, 1.82) is 0 Å². The zero-order chi connectivity index (χ0) is 18.6. The second-order valence-corrected chi connectivity index (χ2v) is 6.77. The summed E-state index contributed by atoms with van der Waals surface area (Å²) in [6.07, 6.45) is 4.83. The number of aromatic nitrogens is 1. The summed E-state index contributed by atoms with van der Waals surface area (Å²) in [5, 5.41) is 14.1. The van der Waals surface area contributed by atoms with E-state index in [1.165, 1.54) is 0 Å². The van der Waals surface area contributed by atoms with Crippen molar-refractivity contribution in [2.24, 2.45) is 0 Å². The molecule has 1 aliphatic carbocycles. The normalized spacial score (nSPS) is 14.6. The number of anilines is 1. The fraction of sp³-hybridized carbons (Fsp3) is 0.333. The Bertz CT molecular complexity index is 985. The minimum absolute atomic E-state index is 0.126. The number of aryl methyl sites for hydroxylation is 1. The Hall–Kier alpha value is -2.86. The first kappa shape index (κ1) is 17.5. The lowest BCUT2D eigenvalue weighted by Gasteiger charge is -2.17. The van der Waals surface area contributed by atoms with Crippen molar-refractivity contribution in [3.05, 3.63) is 64.1 Å². The standard InChI is InChI=1S/C21H22N2O4/c24-14(12-23-20-7-3-4-10-22-20)13-26-15-8-9-17-16-5-1-2-6-18(16)21(25)27-19(17)11-15/h3-4,7-11,14,24H,1-2,5-6,12-13H2,(H,22,23)/t14-/m0/s1. The Morgan fingerprint density at radius 3 is 2.85 bits per heavy atom. The summed E-state index contributed by atoms with van der Waals surface area (Å²) in [5.74, 6) is 1.27. The van der Waals surface area contributed by atoms with Gasteiger partial charge in [0, 0.05) is 29.8 Å². The minimum Gasteiger partial charge on any atom is -0.491 e. The number of pyridine rings is 1. The van der Waals surface area contributed by atoms with Crippen LogP contribution >= 0.6 is 0 Å². The van der Waals surface area contributed by atoms with E-state index in [1.54, 1.807) is 12.3 Å². The van der Waals surface area contributed by atoms with Crippen LogP contribution < -0.4 is 15.7 Å². The molecule has 140 valence electrons. The summed E-state index contributed by atoms with van der Waals surface area (Å²) < 4.78 is 11.2. The highest BCUT2D eigenvalue weighted by atomic mass is 16.5. The summed E-state index contributed by atoms with van der Waals surface area (Å²) in [4.78, 5) is 16.4. The molecule has 0 radical (unpaired) electrons. The fourth-order valence-corrected chi connectivity index (χ4v) is 3.46. The van der Waals surface area contributed by atoms with Crippen LogP contribution in [-0.4, -0.2) is 29.3 Å². The molecular weight excluding hydrogens is 344 g/mol. The smallest absolute Gasteiger partial charge is 0.339 e. The molecule has 1 aromatic carbocycles. The van der Waals surface area contributed by atoms with Crippen LogP contribution in [0.25, 0.3) is 11.0 Å². The number of hydrogen-bond acceptors (Lipinski definition) is 6. The van der Waals surface area contributed by atoms with Gasteiger partial charge in [0.15, 0.2) is 0 Å². The van der Waals surface area contributed by atoms with Crippen LogP contribution in [0.4, 0.5) is 5.82 Å². The lowest BCUT2D eigenvalue weighted by molar-refractivity contribution is 0.117. The average molecular weight is 366 g/mol. The van der Waals surface area contributed by atoms with Crippen LogP contribution in [0, 0.1) is 0 Å². The molecule has 0 saturated heterocycles. The van der Waals surface area contributed by atoms with E-state index in [0.29, 0.717) is 23.7 Å². The number of hydrogen-bond donors (Lipinski definition) is 2. The average Bonchev–Trinajstić information content (AvgIpc) is 2.71. The van der Waals surface area contributed by atoms with E-state index in [4.69, 9.17) is 9.15 Å². The molecular formula is C21H22N2O4.